The zero-order chi connectivity index (χ0) is 18.4. The van der Waals surface area contributed by atoms with Crippen LogP contribution >= 0.6 is 0 Å². The van der Waals surface area contributed by atoms with Crippen LogP contribution in [0.1, 0.15) is 18.4 Å². The lowest BCUT2D eigenvalue weighted by atomic mass is 9.97. The molecule has 0 amide bonds. The molecule has 4 aromatic rings. The number of nitrogens with zero attached hydrogens (tertiary/aromatic N) is 3. The minimum absolute atomic E-state index is 0.104. The molecule has 0 atom stereocenters. The van der Waals surface area contributed by atoms with Crippen LogP contribution in [0.5, 0.6) is 0 Å². The molecule has 2 N–H and O–H groups in total. The van der Waals surface area contributed by atoms with Crippen molar-refractivity contribution in [2.24, 2.45) is 5.73 Å². The van der Waals surface area contributed by atoms with E-state index in [-0.39, 0.29) is 11.2 Å². The van der Waals surface area contributed by atoms with Crippen molar-refractivity contribution in [3.8, 4) is 22.4 Å². The predicted molar refractivity (Wildman–Crippen MR) is 104 cm³/mol. The summed E-state index contributed by atoms with van der Waals surface area (Å²) in [7, 11) is 0. The molecule has 0 radical (unpaired) electrons. The molecule has 4 nitrogen and oxygen atoms in total. The maximum atomic E-state index is 13.4. The van der Waals surface area contributed by atoms with Gasteiger partial charge in [-0.1, -0.05) is 6.07 Å². The lowest BCUT2D eigenvalue weighted by Crippen LogP contribution is -2.20. The normalized spacial score (nSPS) is 15.2. The summed E-state index contributed by atoms with van der Waals surface area (Å²) in [6.45, 7) is 0.655. The number of aromatic nitrogens is 3. The second-order valence-corrected chi connectivity index (χ2v) is 7.20. The number of hydrogen-bond donors (Lipinski definition) is 1. The Kier molecular flexibility index (Phi) is 3.58. The molecular weight excluding hydrogens is 339 g/mol. The number of pyridine rings is 2. The van der Waals surface area contributed by atoms with E-state index in [4.69, 9.17) is 10.8 Å². The number of fused-ring (bicyclic) bond motifs is 1. The van der Waals surface area contributed by atoms with Crippen molar-refractivity contribution in [1.82, 2.24) is 14.6 Å². The van der Waals surface area contributed by atoms with Gasteiger partial charge in [0.1, 0.15) is 11.5 Å². The Balaban J connectivity index is 1.75. The Morgan fingerprint density at radius 1 is 0.963 bits per heavy atom. The molecule has 1 fully saturated rings. The first-order chi connectivity index (χ1) is 13.2. The van der Waals surface area contributed by atoms with Crippen molar-refractivity contribution >= 4 is 5.52 Å². The topological polar surface area (TPSA) is 56.2 Å². The van der Waals surface area contributed by atoms with Gasteiger partial charge in [-0.3, -0.25) is 4.98 Å². The number of nitrogens with two attached hydrogens (primary N) is 1. The van der Waals surface area contributed by atoms with E-state index < -0.39 is 0 Å². The Labute approximate surface area is 156 Å². The van der Waals surface area contributed by atoms with Crippen molar-refractivity contribution in [1.29, 1.82) is 0 Å². The van der Waals surface area contributed by atoms with Gasteiger partial charge in [-0.15, -0.1) is 0 Å². The molecule has 0 unspecified atom stereocenters. The van der Waals surface area contributed by atoms with Crippen LogP contribution in [0.4, 0.5) is 4.39 Å². The fourth-order valence-corrected chi connectivity index (χ4v) is 3.74. The van der Waals surface area contributed by atoms with Crippen LogP contribution < -0.4 is 5.73 Å². The second-order valence-electron chi connectivity index (χ2n) is 7.20. The average Bonchev–Trinajstić information content (AvgIpc) is 3.43. The molecule has 1 aromatic carbocycles. The maximum absolute atomic E-state index is 13.4. The highest BCUT2D eigenvalue weighted by Crippen LogP contribution is 2.47. The molecule has 1 saturated carbocycles. The Bertz CT molecular complexity index is 1110. The summed E-state index contributed by atoms with van der Waals surface area (Å²) in [5.41, 5.74) is 12.1. The van der Waals surface area contributed by atoms with Gasteiger partial charge >= 0.3 is 0 Å². The van der Waals surface area contributed by atoms with Crippen molar-refractivity contribution in [2.75, 3.05) is 6.54 Å². The highest BCUT2D eigenvalue weighted by atomic mass is 19.1. The zero-order valence-corrected chi connectivity index (χ0v) is 14.8. The third kappa shape index (κ3) is 2.62. The standard InChI is InChI=1S/C22H19FN4/c23-18-4-1-16(2-5-18)21-20(15-7-11-25-12-8-15)19-6-3-17(13-27(19)26-21)22(14-24)9-10-22/h1-8,11-13H,9-10,14,24H2. The smallest absolute Gasteiger partial charge is 0.123 e. The first-order valence-corrected chi connectivity index (χ1v) is 9.09. The van der Waals surface area contributed by atoms with Crippen molar-refractivity contribution < 1.29 is 4.39 Å². The van der Waals surface area contributed by atoms with Crippen LogP contribution in [0.15, 0.2) is 67.1 Å². The van der Waals surface area contributed by atoms with Crippen LogP contribution in [0.2, 0.25) is 0 Å². The van der Waals surface area contributed by atoms with Crippen molar-refractivity contribution in [2.45, 2.75) is 18.3 Å². The molecule has 134 valence electrons. The minimum atomic E-state index is -0.256. The molecule has 0 aliphatic heterocycles. The Hall–Kier alpha value is -3.05. The molecular formula is C22H19FN4. The summed E-state index contributed by atoms with van der Waals surface area (Å²) in [6.07, 6.45) is 7.88. The summed E-state index contributed by atoms with van der Waals surface area (Å²) >= 11 is 0. The molecule has 5 rings (SSSR count). The fourth-order valence-electron chi connectivity index (χ4n) is 3.74. The lowest BCUT2D eigenvalue weighted by Gasteiger charge is -2.12. The van der Waals surface area contributed by atoms with E-state index in [1.807, 2.05) is 16.6 Å². The zero-order valence-electron chi connectivity index (χ0n) is 14.8. The fraction of sp³-hybridized carbons (Fsp3) is 0.182. The van der Waals surface area contributed by atoms with Gasteiger partial charge in [0.15, 0.2) is 0 Å². The third-order valence-corrected chi connectivity index (χ3v) is 5.57. The van der Waals surface area contributed by atoms with Gasteiger partial charge in [0, 0.05) is 41.7 Å². The van der Waals surface area contributed by atoms with Crippen molar-refractivity contribution in [3.05, 3.63) is 78.5 Å². The van der Waals surface area contributed by atoms with Gasteiger partial charge < -0.3 is 5.73 Å². The second kappa shape index (κ2) is 5.99. The first kappa shape index (κ1) is 16.1. The number of hydrogen-bond acceptors (Lipinski definition) is 3. The minimum Gasteiger partial charge on any atom is -0.330 e. The molecule has 3 aromatic heterocycles. The molecule has 27 heavy (non-hydrogen) atoms. The van der Waals surface area contributed by atoms with Gasteiger partial charge in [0.05, 0.1) is 5.52 Å². The quantitative estimate of drug-likeness (QED) is 0.595. The summed E-state index contributed by atoms with van der Waals surface area (Å²) < 4.78 is 15.3. The largest absolute Gasteiger partial charge is 0.330 e. The Morgan fingerprint density at radius 2 is 1.70 bits per heavy atom. The first-order valence-electron chi connectivity index (χ1n) is 9.09. The number of rotatable bonds is 4. The molecule has 3 heterocycles. The molecule has 0 spiro atoms. The van der Waals surface area contributed by atoms with Gasteiger partial charge in [-0.25, -0.2) is 8.91 Å². The highest BCUT2D eigenvalue weighted by molar-refractivity contribution is 5.92. The van der Waals surface area contributed by atoms with E-state index in [2.05, 4.69) is 23.3 Å². The van der Waals surface area contributed by atoms with Crippen LogP contribution in [-0.4, -0.2) is 21.1 Å². The third-order valence-electron chi connectivity index (χ3n) is 5.57. The van der Waals surface area contributed by atoms with Gasteiger partial charge in [-0.2, -0.15) is 5.10 Å². The van der Waals surface area contributed by atoms with Crippen LogP contribution in [-0.2, 0) is 5.41 Å². The summed E-state index contributed by atoms with van der Waals surface area (Å²) in [5.74, 6) is -0.256. The van der Waals surface area contributed by atoms with Crippen LogP contribution in [0.25, 0.3) is 27.9 Å². The van der Waals surface area contributed by atoms with E-state index in [1.54, 1.807) is 24.5 Å². The van der Waals surface area contributed by atoms with Gasteiger partial charge in [0.2, 0.25) is 0 Å². The SMILES string of the molecule is NCC1(c2ccc3c(-c4ccncc4)c(-c4ccc(F)cc4)nn3c2)CC1. The van der Waals surface area contributed by atoms with E-state index in [0.717, 1.165) is 40.7 Å². The van der Waals surface area contributed by atoms with Crippen LogP contribution in [0.3, 0.4) is 0 Å². The Morgan fingerprint density at radius 3 is 2.37 bits per heavy atom. The van der Waals surface area contributed by atoms with E-state index in [9.17, 15) is 4.39 Å². The molecule has 0 bridgehead atoms. The molecule has 1 aliphatic carbocycles. The molecule has 0 saturated heterocycles. The highest BCUT2D eigenvalue weighted by Gasteiger charge is 2.43. The summed E-state index contributed by atoms with van der Waals surface area (Å²) in [6, 6.07) is 14.7. The van der Waals surface area contributed by atoms with E-state index in [1.165, 1.54) is 17.7 Å². The summed E-state index contributed by atoms with van der Waals surface area (Å²) in [4.78, 5) is 4.12. The lowest BCUT2D eigenvalue weighted by molar-refractivity contribution is 0.628. The van der Waals surface area contributed by atoms with Crippen LogP contribution in [0, 0.1) is 5.82 Å². The maximum Gasteiger partial charge on any atom is 0.123 e. The number of benzene rings is 1. The molecule has 1 aliphatic rings. The van der Waals surface area contributed by atoms with Gasteiger partial charge in [-0.05, 0) is 66.4 Å². The number of halogens is 1. The summed E-state index contributed by atoms with van der Waals surface area (Å²) in [5, 5.41) is 4.86. The van der Waals surface area contributed by atoms with Gasteiger partial charge in [0.25, 0.3) is 0 Å². The average molecular weight is 358 g/mol. The van der Waals surface area contributed by atoms with E-state index in [0.29, 0.717) is 6.54 Å². The molecule has 5 heteroatoms. The monoisotopic (exact) mass is 358 g/mol. The predicted octanol–water partition coefficient (Wildman–Crippen LogP) is 4.19. The van der Waals surface area contributed by atoms with E-state index >= 15 is 0 Å². The van der Waals surface area contributed by atoms with Crippen molar-refractivity contribution in [3.63, 3.8) is 0 Å².